The minimum Gasteiger partial charge on any atom is -0.507 e. The molecule has 6 heteroatoms. The Morgan fingerprint density at radius 3 is 2.60 bits per heavy atom. The molecule has 0 aliphatic heterocycles. The van der Waals surface area contributed by atoms with E-state index in [-0.39, 0.29) is 17.2 Å². The van der Waals surface area contributed by atoms with E-state index in [9.17, 15) is 19.5 Å². The van der Waals surface area contributed by atoms with Gasteiger partial charge < -0.3 is 14.6 Å². The Morgan fingerprint density at radius 2 is 2.10 bits per heavy atom. The van der Waals surface area contributed by atoms with Crippen LogP contribution in [0, 0.1) is 0 Å². The van der Waals surface area contributed by atoms with Crippen LogP contribution in [-0.4, -0.2) is 22.0 Å². The highest BCUT2D eigenvalue weighted by atomic mass is 16.4. The molecule has 1 heterocycles. The van der Waals surface area contributed by atoms with Crippen LogP contribution < -0.4 is 5.63 Å². The zero-order chi connectivity index (χ0) is 15.3. The number of carboxylic acids is 1. The van der Waals surface area contributed by atoms with Gasteiger partial charge in [-0.1, -0.05) is 13.0 Å². The SMILES string of the molecule is CC(=O)c1c(O)cc(C(C)CC/C=C/C(=O)O)oc1=O. The summed E-state index contributed by atoms with van der Waals surface area (Å²) >= 11 is 0. The number of carbonyl (C=O) groups is 2. The number of hydrogen-bond donors (Lipinski definition) is 2. The molecule has 1 rings (SSSR count). The van der Waals surface area contributed by atoms with E-state index in [1.165, 1.54) is 19.1 Å². The van der Waals surface area contributed by atoms with Crippen molar-refractivity contribution in [1.82, 2.24) is 0 Å². The number of hydrogen-bond acceptors (Lipinski definition) is 5. The molecule has 108 valence electrons. The maximum Gasteiger partial charge on any atom is 0.350 e. The highest BCUT2D eigenvalue weighted by Gasteiger charge is 2.17. The summed E-state index contributed by atoms with van der Waals surface area (Å²) in [7, 11) is 0. The third-order valence-corrected chi connectivity index (χ3v) is 2.81. The minimum atomic E-state index is -1.02. The Hall–Kier alpha value is -2.37. The second-order valence-corrected chi connectivity index (χ2v) is 4.47. The van der Waals surface area contributed by atoms with Crippen molar-refractivity contribution in [1.29, 1.82) is 0 Å². The van der Waals surface area contributed by atoms with Crippen LogP contribution in [0.5, 0.6) is 5.75 Å². The molecule has 0 aliphatic carbocycles. The lowest BCUT2D eigenvalue weighted by atomic mass is 10.0. The summed E-state index contributed by atoms with van der Waals surface area (Å²) in [5.74, 6) is -1.89. The fourth-order valence-corrected chi connectivity index (χ4v) is 1.74. The zero-order valence-corrected chi connectivity index (χ0v) is 11.3. The maximum atomic E-state index is 11.6. The van der Waals surface area contributed by atoms with E-state index in [2.05, 4.69) is 0 Å². The molecular weight excluding hydrogens is 264 g/mol. The van der Waals surface area contributed by atoms with Crippen molar-refractivity contribution in [2.45, 2.75) is 32.6 Å². The van der Waals surface area contributed by atoms with Gasteiger partial charge in [-0.05, 0) is 19.8 Å². The van der Waals surface area contributed by atoms with Crippen molar-refractivity contribution >= 4 is 11.8 Å². The van der Waals surface area contributed by atoms with Crippen LogP contribution in [-0.2, 0) is 4.79 Å². The fourth-order valence-electron chi connectivity index (χ4n) is 1.74. The van der Waals surface area contributed by atoms with Crippen LogP contribution >= 0.6 is 0 Å². The number of aliphatic carboxylic acids is 1. The van der Waals surface area contributed by atoms with E-state index in [0.29, 0.717) is 12.8 Å². The zero-order valence-electron chi connectivity index (χ0n) is 11.3. The van der Waals surface area contributed by atoms with Crippen molar-refractivity contribution in [3.8, 4) is 5.75 Å². The summed E-state index contributed by atoms with van der Waals surface area (Å²) in [6.45, 7) is 2.95. The van der Waals surface area contributed by atoms with Crippen LogP contribution in [0.1, 0.15) is 48.7 Å². The van der Waals surface area contributed by atoms with Gasteiger partial charge in [0.05, 0.1) is 0 Å². The summed E-state index contributed by atoms with van der Waals surface area (Å²) < 4.78 is 5.01. The van der Waals surface area contributed by atoms with Gasteiger partial charge in [-0.2, -0.15) is 0 Å². The first-order valence-corrected chi connectivity index (χ1v) is 6.10. The van der Waals surface area contributed by atoms with Gasteiger partial charge in [0.1, 0.15) is 17.1 Å². The average molecular weight is 280 g/mol. The topological polar surface area (TPSA) is 105 Å². The Kier molecular flexibility index (Phi) is 5.25. The molecule has 20 heavy (non-hydrogen) atoms. The lowest BCUT2D eigenvalue weighted by molar-refractivity contribution is -0.131. The largest absolute Gasteiger partial charge is 0.507 e. The summed E-state index contributed by atoms with van der Waals surface area (Å²) in [5, 5.41) is 18.1. The summed E-state index contributed by atoms with van der Waals surface area (Å²) in [5.41, 5.74) is -1.22. The van der Waals surface area contributed by atoms with Gasteiger partial charge in [0.2, 0.25) is 0 Å². The molecule has 0 aliphatic rings. The van der Waals surface area contributed by atoms with Gasteiger partial charge in [-0.15, -0.1) is 0 Å². The van der Waals surface area contributed by atoms with Crippen molar-refractivity contribution in [2.75, 3.05) is 0 Å². The Labute approximate surface area is 115 Å². The number of carboxylic acid groups (broad SMARTS) is 1. The third kappa shape index (κ3) is 4.08. The molecule has 0 saturated carbocycles. The van der Waals surface area contributed by atoms with Crippen LogP contribution in [0.25, 0.3) is 0 Å². The number of aromatic hydroxyl groups is 1. The average Bonchev–Trinajstić information content (AvgIpc) is 2.32. The molecule has 1 atom stereocenters. The highest BCUT2D eigenvalue weighted by molar-refractivity contribution is 5.96. The first-order chi connectivity index (χ1) is 9.32. The van der Waals surface area contributed by atoms with Gasteiger partial charge in [0.25, 0.3) is 0 Å². The van der Waals surface area contributed by atoms with Crippen molar-refractivity contribution in [2.24, 2.45) is 0 Å². The maximum absolute atomic E-state index is 11.6. The summed E-state index contributed by atoms with van der Waals surface area (Å²) in [6.07, 6.45) is 3.58. The molecule has 0 aromatic carbocycles. The van der Waals surface area contributed by atoms with Crippen LogP contribution in [0.3, 0.4) is 0 Å². The second kappa shape index (κ2) is 6.70. The van der Waals surface area contributed by atoms with Crippen LogP contribution in [0.15, 0.2) is 27.4 Å². The van der Waals surface area contributed by atoms with Crippen molar-refractivity contribution in [3.05, 3.63) is 40.0 Å². The Morgan fingerprint density at radius 1 is 1.45 bits per heavy atom. The van der Waals surface area contributed by atoms with E-state index in [1.807, 2.05) is 0 Å². The van der Waals surface area contributed by atoms with Gasteiger partial charge in [0.15, 0.2) is 5.78 Å². The molecule has 0 spiro atoms. The van der Waals surface area contributed by atoms with Gasteiger partial charge in [0, 0.05) is 18.1 Å². The predicted octanol–water partition coefficient (Wildman–Crippen LogP) is 2.07. The lowest BCUT2D eigenvalue weighted by Crippen LogP contribution is -2.13. The Balaban J connectivity index is 2.85. The number of carbonyl (C=O) groups excluding carboxylic acids is 1. The number of allylic oxidation sites excluding steroid dienone is 1. The van der Waals surface area contributed by atoms with E-state index in [1.54, 1.807) is 6.92 Å². The normalized spacial score (nSPS) is 12.5. The highest BCUT2D eigenvalue weighted by Crippen LogP contribution is 2.24. The van der Waals surface area contributed by atoms with Crippen molar-refractivity contribution in [3.63, 3.8) is 0 Å². The predicted molar refractivity (Wildman–Crippen MR) is 71.1 cm³/mol. The molecule has 0 bridgehead atoms. The second-order valence-electron chi connectivity index (χ2n) is 4.47. The smallest absolute Gasteiger partial charge is 0.350 e. The summed E-state index contributed by atoms with van der Waals surface area (Å²) in [6, 6.07) is 1.25. The molecule has 6 nitrogen and oxygen atoms in total. The molecule has 2 N–H and O–H groups in total. The number of rotatable bonds is 6. The quantitative estimate of drug-likeness (QED) is 0.610. The summed E-state index contributed by atoms with van der Waals surface area (Å²) in [4.78, 5) is 33.0. The van der Waals surface area contributed by atoms with Crippen LogP contribution in [0.2, 0.25) is 0 Å². The molecule has 1 aromatic rings. The van der Waals surface area contributed by atoms with Gasteiger partial charge in [-0.25, -0.2) is 9.59 Å². The minimum absolute atomic E-state index is 0.187. The number of Topliss-reactive ketones (excluding diaryl/α,β-unsaturated/α-hetero) is 1. The monoisotopic (exact) mass is 280 g/mol. The molecule has 0 fully saturated rings. The molecule has 0 amide bonds. The lowest BCUT2D eigenvalue weighted by Gasteiger charge is -2.10. The van der Waals surface area contributed by atoms with E-state index in [0.717, 1.165) is 6.08 Å². The molecule has 1 aromatic heterocycles. The molecule has 0 saturated heterocycles. The third-order valence-electron chi connectivity index (χ3n) is 2.81. The molecular formula is C14H16O6. The first kappa shape index (κ1) is 15.7. The van der Waals surface area contributed by atoms with Gasteiger partial charge >= 0.3 is 11.6 Å². The Bertz CT molecular complexity index is 596. The van der Waals surface area contributed by atoms with Gasteiger partial charge in [-0.3, -0.25) is 4.79 Å². The first-order valence-electron chi connectivity index (χ1n) is 6.10. The number of ketones is 1. The molecule has 1 unspecified atom stereocenters. The van der Waals surface area contributed by atoms with E-state index >= 15 is 0 Å². The van der Waals surface area contributed by atoms with Crippen molar-refractivity contribution < 1.29 is 24.2 Å². The standard InChI is InChI=1S/C14H16O6/c1-8(5-3-4-6-12(17)18)11-7-10(16)13(9(2)15)14(19)20-11/h4,6-8,16H,3,5H2,1-2H3,(H,17,18)/b6-4+. The van der Waals surface area contributed by atoms with Crippen LogP contribution in [0.4, 0.5) is 0 Å². The van der Waals surface area contributed by atoms with E-state index in [4.69, 9.17) is 9.52 Å². The molecule has 0 radical (unpaired) electrons. The fraction of sp³-hybridized carbons (Fsp3) is 0.357. The van der Waals surface area contributed by atoms with E-state index < -0.39 is 23.1 Å².